The minimum atomic E-state index is -0.191. The van der Waals surface area contributed by atoms with Gasteiger partial charge < -0.3 is 5.32 Å². The fourth-order valence-electron chi connectivity index (χ4n) is 2.65. The van der Waals surface area contributed by atoms with Crippen molar-refractivity contribution in [1.82, 2.24) is 10.2 Å². The Labute approximate surface area is 106 Å². The summed E-state index contributed by atoms with van der Waals surface area (Å²) in [6, 6.07) is 1.15. The number of halogens is 1. The van der Waals surface area contributed by atoms with Crippen molar-refractivity contribution in [3.63, 3.8) is 0 Å². The molecule has 3 heteroatoms. The smallest absolute Gasteiger partial charge is 0.0906 e. The van der Waals surface area contributed by atoms with E-state index in [2.05, 4.69) is 37.9 Å². The van der Waals surface area contributed by atoms with Gasteiger partial charge in [-0.25, -0.2) is 0 Å². The topological polar surface area (TPSA) is 15.3 Å². The zero-order valence-electron chi connectivity index (χ0n) is 11.9. The third kappa shape index (κ3) is 4.22. The predicted molar refractivity (Wildman–Crippen MR) is 72.0 cm³/mol. The van der Waals surface area contributed by atoms with Gasteiger partial charge in [0.2, 0.25) is 0 Å². The molecule has 1 fully saturated rings. The van der Waals surface area contributed by atoms with Crippen LogP contribution in [0, 0.1) is 11.8 Å². The second kappa shape index (κ2) is 7.32. The van der Waals surface area contributed by atoms with Crippen LogP contribution in [0.15, 0.2) is 0 Å². The van der Waals surface area contributed by atoms with E-state index in [4.69, 9.17) is 0 Å². The first-order valence-corrected chi connectivity index (χ1v) is 7.13. The van der Waals surface area contributed by atoms with Gasteiger partial charge in [0, 0.05) is 31.7 Å². The molecule has 1 N–H and O–H groups in total. The van der Waals surface area contributed by atoms with Crippen molar-refractivity contribution in [3.05, 3.63) is 0 Å². The Hall–Kier alpha value is -0.150. The van der Waals surface area contributed by atoms with Crippen LogP contribution < -0.4 is 5.32 Å². The Morgan fingerprint density at radius 1 is 1.35 bits per heavy atom. The molecular formula is C14H29FN2. The summed E-state index contributed by atoms with van der Waals surface area (Å²) in [7, 11) is 0. The highest BCUT2D eigenvalue weighted by Gasteiger charge is 2.31. The van der Waals surface area contributed by atoms with E-state index < -0.39 is 0 Å². The molecule has 1 saturated heterocycles. The van der Waals surface area contributed by atoms with E-state index >= 15 is 0 Å². The van der Waals surface area contributed by atoms with Gasteiger partial charge in [0.15, 0.2) is 0 Å². The number of rotatable bonds is 6. The maximum atomic E-state index is 12.4. The standard InChI is InChI=1S/C14H29FN2/c1-5-12(4)14-9-16-13(11(2)3)10-17(14)8-6-7-15/h11-14,16H,5-10H2,1-4H3. The highest BCUT2D eigenvalue weighted by molar-refractivity contribution is 4.89. The monoisotopic (exact) mass is 244 g/mol. The number of hydrogen-bond acceptors (Lipinski definition) is 2. The molecule has 0 radical (unpaired) electrons. The van der Waals surface area contributed by atoms with Gasteiger partial charge in [0.1, 0.15) is 0 Å². The highest BCUT2D eigenvalue weighted by Crippen LogP contribution is 2.20. The minimum absolute atomic E-state index is 0.191. The van der Waals surface area contributed by atoms with Gasteiger partial charge in [-0.05, 0) is 18.3 Å². The molecule has 2 nitrogen and oxygen atoms in total. The van der Waals surface area contributed by atoms with Crippen LogP contribution in [0.25, 0.3) is 0 Å². The van der Waals surface area contributed by atoms with Gasteiger partial charge in [0.05, 0.1) is 6.67 Å². The molecule has 1 heterocycles. The van der Waals surface area contributed by atoms with Gasteiger partial charge in [-0.2, -0.15) is 0 Å². The molecule has 1 rings (SSSR count). The first-order valence-electron chi connectivity index (χ1n) is 7.13. The van der Waals surface area contributed by atoms with Crippen molar-refractivity contribution < 1.29 is 4.39 Å². The minimum Gasteiger partial charge on any atom is -0.311 e. The normalized spacial score (nSPS) is 28.6. The van der Waals surface area contributed by atoms with Crippen molar-refractivity contribution in [3.8, 4) is 0 Å². The Morgan fingerprint density at radius 2 is 2.06 bits per heavy atom. The first-order chi connectivity index (χ1) is 8.10. The van der Waals surface area contributed by atoms with Crippen molar-refractivity contribution >= 4 is 0 Å². The number of alkyl halides is 1. The summed E-state index contributed by atoms with van der Waals surface area (Å²) >= 11 is 0. The van der Waals surface area contributed by atoms with E-state index in [1.165, 1.54) is 6.42 Å². The second-order valence-electron chi connectivity index (χ2n) is 5.75. The largest absolute Gasteiger partial charge is 0.311 e. The summed E-state index contributed by atoms with van der Waals surface area (Å²) in [5, 5.41) is 3.65. The molecule has 1 aliphatic rings. The van der Waals surface area contributed by atoms with Crippen LogP contribution in [0.4, 0.5) is 4.39 Å². The quantitative estimate of drug-likeness (QED) is 0.773. The summed E-state index contributed by atoms with van der Waals surface area (Å²) in [5.41, 5.74) is 0. The Kier molecular flexibility index (Phi) is 6.42. The van der Waals surface area contributed by atoms with Crippen LogP contribution >= 0.6 is 0 Å². The molecule has 17 heavy (non-hydrogen) atoms. The van der Waals surface area contributed by atoms with Gasteiger partial charge in [0.25, 0.3) is 0 Å². The van der Waals surface area contributed by atoms with E-state index in [1.54, 1.807) is 0 Å². The number of nitrogens with one attached hydrogen (secondary N) is 1. The van der Waals surface area contributed by atoms with Crippen LogP contribution in [0.5, 0.6) is 0 Å². The number of piperazine rings is 1. The fourth-order valence-corrected chi connectivity index (χ4v) is 2.65. The first kappa shape index (κ1) is 14.9. The lowest BCUT2D eigenvalue weighted by Crippen LogP contribution is -2.60. The average molecular weight is 244 g/mol. The molecule has 3 unspecified atom stereocenters. The van der Waals surface area contributed by atoms with E-state index in [9.17, 15) is 4.39 Å². The molecule has 0 spiro atoms. The van der Waals surface area contributed by atoms with E-state index in [0.29, 0.717) is 30.3 Å². The van der Waals surface area contributed by atoms with Crippen LogP contribution in [-0.4, -0.2) is 43.3 Å². The molecule has 0 bridgehead atoms. The molecule has 1 aliphatic heterocycles. The van der Waals surface area contributed by atoms with Crippen molar-refractivity contribution in [1.29, 1.82) is 0 Å². The zero-order chi connectivity index (χ0) is 12.8. The third-order valence-corrected chi connectivity index (χ3v) is 4.17. The van der Waals surface area contributed by atoms with Gasteiger partial charge >= 0.3 is 0 Å². The Balaban J connectivity index is 2.58. The lowest BCUT2D eigenvalue weighted by Gasteiger charge is -2.44. The SMILES string of the molecule is CCC(C)C1CNC(C(C)C)CN1CCCF. The van der Waals surface area contributed by atoms with E-state index in [0.717, 1.165) is 19.6 Å². The number of nitrogens with zero attached hydrogens (tertiary/aromatic N) is 1. The summed E-state index contributed by atoms with van der Waals surface area (Å²) in [5.74, 6) is 1.34. The predicted octanol–water partition coefficient (Wildman–Crippen LogP) is 2.69. The summed E-state index contributed by atoms with van der Waals surface area (Å²) in [6.07, 6.45) is 1.88. The third-order valence-electron chi connectivity index (χ3n) is 4.17. The lowest BCUT2D eigenvalue weighted by molar-refractivity contribution is 0.0761. The Bertz CT molecular complexity index is 208. The van der Waals surface area contributed by atoms with Crippen molar-refractivity contribution in [2.45, 2.75) is 52.6 Å². The fraction of sp³-hybridized carbons (Fsp3) is 1.00. The van der Waals surface area contributed by atoms with Gasteiger partial charge in [-0.15, -0.1) is 0 Å². The summed E-state index contributed by atoms with van der Waals surface area (Å²) < 4.78 is 12.4. The van der Waals surface area contributed by atoms with E-state index in [-0.39, 0.29) is 6.67 Å². The van der Waals surface area contributed by atoms with E-state index in [1.807, 2.05) is 0 Å². The van der Waals surface area contributed by atoms with Crippen molar-refractivity contribution in [2.75, 3.05) is 26.3 Å². The molecule has 0 aromatic carbocycles. The van der Waals surface area contributed by atoms with Crippen LogP contribution in [-0.2, 0) is 0 Å². The maximum Gasteiger partial charge on any atom is 0.0906 e. The maximum absolute atomic E-state index is 12.4. The zero-order valence-corrected chi connectivity index (χ0v) is 11.9. The Morgan fingerprint density at radius 3 is 2.59 bits per heavy atom. The van der Waals surface area contributed by atoms with Crippen molar-refractivity contribution in [2.24, 2.45) is 11.8 Å². The molecule has 0 saturated carbocycles. The molecule has 3 atom stereocenters. The van der Waals surface area contributed by atoms with Crippen LogP contribution in [0.2, 0.25) is 0 Å². The summed E-state index contributed by atoms with van der Waals surface area (Å²) in [4.78, 5) is 2.51. The molecule has 0 aliphatic carbocycles. The average Bonchev–Trinajstić information content (AvgIpc) is 2.34. The van der Waals surface area contributed by atoms with Gasteiger partial charge in [-0.3, -0.25) is 9.29 Å². The van der Waals surface area contributed by atoms with Gasteiger partial charge in [-0.1, -0.05) is 34.1 Å². The molecular weight excluding hydrogens is 215 g/mol. The van der Waals surface area contributed by atoms with Crippen LogP contribution in [0.3, 0.4) is 0 Å². The summed E-state index contributed by atoms with van der Waals surface area (Å²) in [6.45, 7) is 11.9. The molecule has 0 aromatic heterocycles. The lowest BCUT2D eigenvalue weighted by atomic mass is 9.91. The molecule has 0 aromatic rings. The highest BCUT2D eigenvalue weighted by atomic mass is 19.1. The number of hydrogen-bond donors (Lipinski definition) is 1. The van der Waals surface area contributed by atoms with Crippen LogP contribution in [0.1, 0.15) is 40.5 Å². The molecule has 102 valence electrons. The second-order valence-corrected chi connectivity index (χ2v) is 5.75. The molecule has 0 amide bonds.